The average molecular weight is 406 g/mol. The van der Waals surface area contributed by atoms with E-state index < -0.39 is 0 Å². The van der Waals surface area contributed by atoms with Crippen LogP contribution in [0.25, 0.3) is 5.69 Å². The van der Waals surface area contributed by atoms with Crippen molar-refractivity contribution in [1.82, 2.24) is 14.7 Å². The quantitative estimate of drug-likeness (QED) is 0.827. The molecule has 2 aromatic rings. The van der Waals surface area contributed by atoms with Crippen LogP contribution in [0, 0.1) is 13.8 Å². The molecule has 1 aromatic heterocycles. The van der Waals surface area contributed by atoms with Crippen molar-refractivity contribution in [2.24, 2.45) is 5.73 Å². The van der Waals surface area contributed by atoms with Crippen molar-refractivity contribution in [3.05, 3.63) is 45.2 Å². The van der Waals surface area contributed by atoms with Crippen LogP contribution < -0.4 is 5.73 Å². The Morgan fingerprint density at radius 3 is 2.56 bits per heavy atom. The zero-order chi connectivity index (χ0) is 18.0. The second-order valence-corrected chi connectivity index (χ2v) is 6.77. The van der Waals surface area contributed by atoms with E-state index in [1.54, 1.807) is 28.8 Å². The third-order valence-corrected chi connectivity index (χ3v) is 4.84. The van der Waals surface area contributed by atoms with Gasteiger partial charge in [0.25, 0.3) is 0 Å². The number of likely N-dealkylation sites (N-methyl/N-ethyl adjacent to an activating group) is 1. The Kier molecular flexibility index (Phi) is 7.75. The maximum atomic E-state index is 12.5. The van der Waals surface area contributed by atoms with Crippen molar-refractivity contribution >= 4 is 41.5 Å². The SMILES string of the molecule is Cc1nn(-c2ccc(Cl)cc2Cl)c(C)c1CC(=O)N(C)C(C)CN.Cl. The molecule has 5 nitrogen and oxygen atoms in total. The lowest BCUT2D eigenvalue weighted by Gasteiger charge is -2.23. The van der Waals surface area contributed by atoms with Crippen LogP contribution in [0.15, 0.2) is 18.2 Å². The van der Waals surface area contributed by atoms with Crippen LogP contribution in [-0.4, -0.2) is 40.2 Å². The predicted octanol–water partition coefficient (Wildman–Crippen LogP) is 3.57. The summed E-state index contributed by atoms with van der Waals surface area (Å²) in [5, 5.41) is 5.62. The molecule has 2 N–H and O–H groups in total. The molecule has 2 rings (SSSR count). The number of carbonyl (C=O) groups is 1. The van der Waals surface area contributed by atoms with Gasteiger partial charge in [0, 0.05) is 35.9 Å². The number of aryl methyl sites for hydroxylation is 1. The Hall–Kier alpha value is -1.27. The summed E-state index contributed by atoms with van der Waals surface area (Å²) in [4.78, 5) is 14.1. The maximum absolute atomic E-state index is 12.5. The molecule has 138 valence electrons. The van der Waals surface area contributed by atoms with Crippen molar-refractivity contribution in [3.63, 3.8) is 0 Å². The number of nitrogens with two attached hydrogens (primary N) is 1. The van der Waals surface area contributed by atoms with E-state index in [2.05, 4.69) is 5.10 Å². The van der Waals surface area contributed by atoms with E-state index in [-0.39, 0.29) is 30.8 Å². The standard InChI is InChI=1S/C17H22Cl2N4O.ClH/c1-10(9-20)22(4)17(24)8-14-11(2)21-23(12(14)3)16-6-5-13(18)7-15(16)19;/h5-7,10H,8-9,20H2,1-4H3;1H. The van der Waals surface area contributed by atoms with Crippen LogP contribution in [-0.2, 0) is 11.2 Å². The number of rotatable bonds is 5. The predicted molar refractivity (Wildman–Crippen MR) is 105 cm³/mol. The summed E-state index contributed by atoms with van der Waals surface area (Å²) < 4.78 is 1.75. The van der Waals surface area contributed by atoms with E-state index >= 15 is 0 Å². The Balaban J connectivity index is 0.00000312. The molecule has 8 heteroatoms. The van der Waals surface area contributed by atoms with E-state index in [0.29, 0.717) is 16.6 Å². The fraction of sp³-hybridized carbons (Fsp3) is 0.412. The normalized spacial score (nSPS) is 11.8. The number of nitrogens with zero attached hydrogens (tertiary/aromatic N) is 3. The average Bonchev–Trinajstić information content (AvgIpc) is 2.81. The van der Waals surface area contributed by atoms with Gasteiger partial charge in [0.2, 0.25) is 5.91 Å². The van der Waals surface area contributed by atoms with Crippen molar-refractivity contribution in [3.8, 4) is 5.69 Å². The van der Waals surface area contributed by atoms with Gasteiger partial charge in [-0.2, -0.15) is 5.10 Å². The zero-order valence-corrected chi connectivity index (χ0v) is 17.0. The summed E-state index contributed by atoms with van der Waals surface area (Å²) in [7, 11) is 1.77. The van der Waals surface area contributed by atoms with Crippen LogP contribution >= 0.6 is 35.6 Å². The largest absolute Gasteiger partial charge is 0.341 e. The van der Waals surface area contributed by atoms with Gasteiger partial charge in [0.1, 0.15) is 0 Å². The van der Waals surface area contributed by atoms with Gasteiger partial charge < -0.3 is 10.6 Å². The lowest BCUT2D eigenvalue weighted by atomic mass is 10.1. The van der Waals surface area contributed by atoms with Gasteiger partial charge in [-0.1, -0.05) is 23.2 Å². The maximum Gasteiger partial charge on any atom is 0.227 e. The number of hydrogen-bond acceptors (Lipinski definition) is 3. The number of hydrogen-bond donors (Lipinski definition) is 1. The molecule has 1 unspecified atom stereocenters. The van der Waals surface area contributed by atoms with E-state index in [9.17, 15) is 4.79 Å². The summed E-state index contributed by atoms with van der Waals surface area (Å²) in [6.45, 7) is 6.18. The van der Waals surface area contributed by atoms with E-state index in [1.165, 1.54) is 0 Å². The minimum Gasteiger partial charge on any atom is -0.341 e. The molecule has 0 aliphatic rings. The van der Waals surface area contributed by atoms with Gasteiger partial charge in [0.15, 0.2) is 0 Å². The third kappa shape index (κ3) is 4.67. The molecule has 0 saturated heterocycles. The summed E-state index contributed by atoms with van der Waals surface area (Å²) in [6.07, 6.45) is 0.281. The molecular weight excluding hydrogens is 383 g/mol. The fourth-order valence-electron chi connectivity index (χ4n) is 2.50. The van der Waals surface area contributed by atoms with Crippen LogP contribution in [0.2, 0.25) is 10.0 Å². The zero-order valence-electron chi connectivity index (χ0n) is 14.7. The fourth-order valence-corrected chi connectivity index (χ4v) is 2.99. The molecule has 1 heterocycles. The van der Waals surface area contributed by atoms with E-state index in [0.717, 1.165) is 22.6 Å². The third-order valence-electron chi connectivity index (χ3n) is 4.30. The second-order valence-electron chi connectivity index (χ2n) is 5.92. The molecule has 1 aromatic carbocycles. The van der Waals surface area contributed by atoms with Crippen molar-refractivity contribution < 1.29 is 4.79 Å². The van der Waals surface area contributed by atoms with Gasteiger partial charge in [-0.15, -0.1) is 12.4 Å². The molecule has 1 atom stereocenters. The molecule has 0 aliphatic heterocycles. The number of aromatic nitrogens is 2. The van der Waals surface area contributed by atoms with Gasteiger partial charge in [-0.05, 0) is 39.0 Å². The van der Waals surface area contributed by atoms with Gasteiger partial charge in [0.05, 0.1) is 22.8 Å². The van der Waals surface area contributed by atoms with Crippen LogP contribution in [0.5, 0.6) is 0 Å². The van der Waals surface area contributed by atoms with Gasteiger partial charge in [-0.3, -0.25) is 4.79 Å². The summed E-state index contributed by atoms with van der Waals surface area (Å²) in [5.41, 5.74) is 8.98. The first-order valence-corrected chi connectivity index (χ1v) is 8.48. The highest BCUT2D eigenvalue weighted by atomic mass is 35.5. The second kappa shape index (κ2) is 8.90. The minimum absolute atomic E-state index is 0. The molecule has 0 saturated carbocycles. The number of halogens is 3. The van der Waals surface area contributed by atoms with E-state index in [4.69, 9.17) is 28.9 Å². The highest BCUT2D eigenvalue weighted by Gasteiger charge is 2.21. The number of amides is 1. The van der Waals surface area contributed by atoms with Gasteiger partial charge >= 0.3 is 0 Å². The first-order chi connectivity index (χ1) is 11.3. The van der Waals surface area contributed by atoms with Crippen LogP contribution in [0.4, 0.5) is 0 Å². The molecule has 1 amide bonds. The van der Waals surface area contributed by atoms with Crippen molar-refractivity contribution in [1.29, 1.82) is 0 Å². The monoisotopic (exact) mass is 404 g/mol. The highest BCUT2D eigenvalue weighted by Crippen LogP contribution is 2.27. The Morgan fingerprint density at radius 2 is 2.00 bits per heavy atom. The Bertz CT molecular complexity index is 761. The number of benzene rings is 1. The summed E-state index contributed by atoms with van der Waals surface area (Å²) in [5.74, 6) is 0.0147. The number of carbonyl (C=O) groups excluding carboxylic acids is 1. The molecule has 0 radical (unpaired) electrons. The molecule has 0 spiro atoms. The van der Waals surface area contributed by atoms with Crippen molar-refractivity contribution in [2.45, 2.75) is 33.2 Å². The molecule has 25 heavy (non-hydrogen) atoms. The summed E-state index contributed by atoms with van der Waals surface area (Å²) >= 11 is 12.2. The molecule has 0 bridgehead atoms. The minimum atomic E-state index is -0.00105. The Labute approximate surface area is 164 Å². The lowest BCUT2D eigenvalue weighted by molar-refractivity contribution is -0.130. The van der Waals surface area contributed by atoms with E-state index in [1.807, 2.05) is 26.8 Å². The first kappa shape index (κ1) is 21.8. The molecular formula is C17H23Cl3N4O. The Morgan fingerprint density at radius 1 is 1.36 bits per heavy atom. The van der Waals surface area contributed by atoms with Crippen LogP contribution in [0.1, 0.15) is 23.9 Å². The topological polar surface area (TPSA) is 64.2 Å². The first-order valence-electron chi connectivity index (χ1n) is 7.72. The smallest absolute Gasteiger partial charge is 0.227 e. The van der Waals surface area contributed by atoms with Gasteiger partial charge in [-0.25, -0.2) is 4.68 Å². The molecule has 0 fully saturated rings. The van der Waals surface area contributed by atoms with Crippen LogP contribution in [0.3, 0.4) is 0 Å². The van der Waals surface area contributed by atoms with Crippen molar-refractivity contribution in [2.75, 3.05) is 13.6 Å². The highest BCUT2D eigenvalue weighted by molar-refractivity contribution is 6.35. The molecule has 0 aliphatic carbocycles. The lowest BCUT2D eigenvalue weighted by Crippen LogP contribution is -2.40. The summed E-state index contributed by atoms with van der Waals surface area (Å²) in [6, 6.07) is 5.26.